The first-order valence-electron chi connectivity index (χ1n) is 14.4. The Labute approximate surface area is 245 Å². The van der Waals surface area contributed by atoms with E-state index in [1.54, 1.807) is 47.0 Å². The highest BCUT2D eigenvalue weighted by Gasteiger charge is 2.11. The summed E-state index contributed by atoms with van der Waals surface area (Å²) in [5.74, 6) is 0.649. The maximum atomic E-state index is 13.8. The van der Waals surface area contributed by atoms with Gasteiger partial charge in [-0.15, -0.1) is 0 Å². The van der Waals surface area contributed by atoms with Crippen molar-refractivity contribution in [2.45, 2.75) is 66.8 Å². The molecule has 0 saturated carbocycles. The Morgan fingerprint density at radius 3 is 2.17 bits per heavy atom. The summed E-state index contributed by atoms with van der Waals surface area (Å²) in [6, 6.07) is 21.1. The van der Waals surface area contributed by atoms with Gasteiger partial charge in [-0.05, 0) is 60.5 Å². The van der Waals surface area contributed by atoms with Crippen LogP contribution in [-0.4, -0.2) is 24.3 Å². The molecule has 1 amide bonds. The van der Waals surface area contributed by atoms with Crippen LogP contribution in [0.2, 0.25) is 0 Å². The first-order chi connectivity index (χ1) is 19.9. The standard InChI is InChI=1S/C17H13FN2O2.C8H18.C7H10N2.C2H6/c18-16-4-2-1-3-12(16)9-20-15(10-21)8-13-7-14(19-11-22)5-6-17(13)20;1-4-6-7-8(3)5-2;1-9-7-4-2-6(8)3-5-7;1-2/h1-8,10-11H,9H2,(H,19,22);8H,4-7H2,1-3H3;2-5,9H,8H2,1H3;1-2H3. The predicted molar refractivity (Wildman–Crippen MR) is 173 cm³/mol. The first kappa shape index (κ1) is 34.9. The third-order valence-electron chi connectivity index (χ3n) is 6.51. The summed E-state index contributed by atoms with van der Waals surface area (Å²) in [5.41, 5.74) is 9.76. The Morgan fingerprint density at radius 1 is 0.951 bits per heavy atom. The molecule has 0 aliphatic rings. The number of nitrogens with one attached hydrogen (secondary N) is 2. The van der Waals surface area contributed by atoms with Crippen molar-refractivity contribution in [1.29, 1.82) is 0 Å². The lowest BCUT2D eigenvalue weighted by molar-refractivity contribution is -0.105. The van der Waals surface area contributed by atoms with Crippen molar-refractivity contribution in [1.82, 2.24) is 4.57 Å². The zero-order valence-electron chi connectivity index (χ0n) is 25.4. The molecule has 0 radical (unpaired) electrons. The van der Waals surface area contributed by atoms with Gasteiger partial charge in [0.2, 0.25) is 6.41 Å². The van der Waals surface area contributed by atoms with Crippen molar-refractivity contribution in [3.8, 4) is 0 Å². The summed E-state index contributed by atoms with van der Waals surface area (Å²) in [6.45, 7) is 11.1. The number of aromatic nitrogens is 1. The zero-order valence-corrected chi connectivity index (χ0v) is 25.4. The average molecular weight is 563 g/mol. The Bertz CT molecular complexity index is 1300. The maximum absolute atomic E-state index is 13.8. The van der Waals surface area contributed by atoms with Gasteiger partial charge in [-0.1, -0.05) is 78.5 Å². The van der Waals surface area contributed by atoms with E-state index in [1.807, 2.05) is 45.2 Å². The van der Waals surface area contributed by atoms with Crippen molar-refractivity contribution in [2.75, 3.05) is 23.4 Å². The van der Waals surface area contributed by atoms with Crippen molar-refractivity contribution in [2.24, 2.45) is 5.92 Å². The summed E-state index contributed by atoms with van der Waals surface area (Å²) >= 11 is 0. The second-order valence-electron chi connectivity index (χ2n) is 9.43. The number of fused-ring (bicyclic) bond motifs is 1. The summed E-state index contributed by atoms with van der Waals surface area (Å²) in [6.07, 6.45) is 6.87. The number of unbranched alkanes of at least 4 members (excludes halogenated alkanes) is 1. The van der Waals surface area contributed by atoms with Gasteiger partial charge in [-0.25, -0.2) is 4.39 Å². The minimum Gasteiger partial charge on any atom is -0.399 e. The van der Waals surface area contributed by atoms with E-state index in [-0.39, 0.29) is 12.4 Å². The number of carbonyl (C=O) groups is 2. The number of nitrogens with two attached hydrogens (primary N) is 1. The number of aldehydes is 1. The molecule has 0 spiro atoms. The molecule has 4 rings (SSSR count). The smallest absolute Gasteiger partial charge is 0.211 e. The third-order valence-corrected chi connectivity index (χ3v) is 6.51. The van der Waals surface area contributed by atoms with E-state index < -0.39 is 0 Å². The minimum absolute atomic E-state index is 0.269. The first-order valence-corrected chi connectivity index (χ1v) is 14.4. The Morgan fingerprint density at radius 2 is 1.61 bits per heavy atom. The number of nitrogens with zero attached hydrogens (tertiary/aromatic N) is 1. The van der Waals surface area contributed by atoms with E-state index in [0.717, 1.165) is 34.5 Å². The second-order valence-corrected chi connectivity index (χ2v) is 9.43. The molecule has 6 nitrogen and oxygen atoms in total. The van der Waals surface area contributed by atoms with Crippen molar-refractivity contribution in [3.05, 3.63) is 89.9 Å². The van der Waals surface area contributed by atoms with E-state index in [9.17, 15) is 14.0 Å². The third kappa shape index (κ3) is 11.9. The molecule has 41 heavy (non-hydrogen) atoms. The quantitative estimate of drug-likeness (QED) is 0.133. The Balaban J connectivity index is 0.000000365. The van der Waals surface area contributed by atoms with Gasteiger partial charge in [0.05, 0.1) is 12.2 Å². The summed E-state index contributed by atoms with van der Waals surface area (Å²) in [7, 11) is 1.88. The van der Waals surface area contributed by atoms with E-state index >= 15 is 0 Å². The van der Waals surface area contributed by atoms with Gasteiger partial charge in [0, 0.05) is 40.6 Å². The number of hydrogen-bond donors (Lipinski definition) is 3. The van der Waals surface area contributed by atoms with Crippen LogP contribution in [0.25, 0.3) is 10.9 Å². The number of anilines is 3. The number of rotatable bonds is 10. The number of hydrogen-bond acceptors (Lipinski definition) is 4. The molecule has 1 atom stereocenters. The van der Waals surface area contributed by atoms with Crippen LogP contribution in [0.15, 0.2) is 72.8 Å². The normalized spacial score (nSPS) is 10.5. The number of halogens is 1. The molecule has 0 bridgehead atoms. The lowest BCUT2D eigenvalue weighted by atomic mass is 10.0. The molecular formula is C34H47FN4O2. The molecule has 7 heteroatoms. The van der Waals surface area contributed by atoms with E-state index in [0.29, 0.717) is 23.4 Å². The molecule has 4 aromatic rings. The number of benzene rings is 3. The van der Waals surface area contributed by atoms with Gasteiger partial charge in [-0.2, -0.15) is 0 Å². The highest BCUT2D eigenvalue weighted by molar-refractivity contribution is 5.92. The fourth-order valence-electron chi connectivity index (χ4n) is 3.93. The molecule has 222 valence electrons. The van der Waals surface area contributed by atoms with Crippen LogP contribution in [0.1, 0.15) is 76.4 Å². The molecule has 3 aromatic carbocycles. The van der Waals surface area contributed by atoms with Crippen LogP contribution in [0, 0.1) is 11.7 Å². The number of nitrogen functional groups attached to an aromatic ring is 1. The van der Waals surface area contributed by atoms with Gasteiger partial charge in [0.15, 0.2) is 6.29 Å². The van der Waals surface area contributed by atoms with Crippen LogP contribution in [0.3, 0.4) is 0 Å². The molecule has 1 unspecified atom stereocenters. The van der Waals surface area contributed by atoms with E-state index in [4.69, 9.17) is 5.73 Å². The molecule has 0 fully saturated rings. The molecule has 0 aliphatic heterocycles. The van der Waals surface area contributed by atoms with Crippen LogP contribution in [-0.2, 0) is 11.3 Å². The lowest BCUT2D eigenvalue weighted by Gasteiger charge is -2.09. The Kier molecular flexibility index (Phi) is 16.9. The predicted octanol–water partition coefficient (Wildman–Crippen LogP) is 8.77. The maximum Gasteiger partial charge on any atom is 0.211 e. The Hall–Kier alpha value is -4.13. The lowest BCUT2D eigenvalue weighted by Crippen LogP contribution is -2.05. The zero-order chi connectivity index (χ0) is 30.6. The van der Waals surface area contributed by atoms with Crippen LogP contribution < -0.4 is 16.4 Å². The molecule has 1 aromatic heterocycles. The number of carbonyl (C=O) groups excluding carboxylic acids is 2. The average Bonchev–Trinajstić information content (AvgIpc) is 3.35. The van der Waals surface area contributed by atoms with Crippen LogP contribution in [0.4, 0.5) is 21.5 Å². The monoisotopic (exact) mass is 562 g/mol. The summed E-state index contributed by atoms with van der Waals surface area (Å²) in [5, 5.41) is 6.38. The summed E-state index contributed by atoms with van der Waals surface area (Å²) < 4.78 is 15.6. The largest absolute Gasteiger partial charge is 0.399 e. The molecule has 0 saturated heterocycles. The van der Waals surface area contributed by atoms with Crippen LogP contribution in [0.5, 0.6) is 0 Å². The highest BCUT2D eigenvalue weighted by atomic mass is 19.1. The van der Waals surface area contributed by atoms with E-state index in [1.165, 1.54) is 31.7 Å². The van der Waals surface area contributed by atoms with Crippen molar-refractivity contribution < 1.29 is 14.0 Å². The van der Waals surface area contributed by atoms with Crippen molar-refractivity contribution >= 4 is 40.7 Å². The second kappa shape index (κ2) is 19.9. The number of amides is 1. The topological polar surface area (TPSA) is 89.2 Å². The molecular weight excluding hydrogens is 515 g/mol. The van der Waals surface area contributed by atoms with Crippen LogP contribution >= 0.6 is 0 Å². The summed E-state index contributed by atoms with van der Waals surface area (Å²) in [4.78, 5) is 21.8. The van der Waals surface area contributed by atoms with Gasteiger partial charge < -0.3 is 20.9 Å². The molecule has 4 N–H and O–H groups in total. The minimum atomic E-state index is -0.305. The molecule has 0 aliphatic carbocycles. The molecule has 1 heterocycles. The van der Waals surface area contributed by atoms with Gasteiger partial charge in [0.1, 0.15) is 5.82 Å². The highest BCUT2D eigenvalue weighted by Crippen LogP contribution is 2.24. The van der Waals surface area contributed by atoms with Gasteiger partial charge in [-0.3, -0.25) is 9.59 Å². The van der Waals surface area contributed by atoms with Gasteiger partial charge >= 0.3 is 0 Å². The fourth-order valence-corrected chi connectivity index (χ4v) is 3.93. The van der Waals surface area contributed by atoms with Crippen molar-refractivity contribution in [3.63, 3.8) is 0 Å². The SMILES string of the molecule is CC.CCCCC(C)CC.CNc1ccc(N)cc1.O=CNc1ccc2c(c1)cc(C=O)n2Cc1ccccc1F. The van der Waals surface area contributed by atoms with Gasteiger partial charge in [0.25, 0.3) is 0 Å². The fraction of sp³-hybridized carbons (Fsp3) is 0.353. The van der Waals surface area contributed by atoms with E-state index in [2.05, 4.69) is 31.4 Å².